The quantitative estimate of drug-likeness (QED) is 0.776. The largest absolute Gasteiger partial charge is 0.437 e. The van der Waals surface area contributed by atoms with Crippen LogP contribution >= 0.6 is 11.6 Å². The van der Waals surface area contributed by atoms with Crippen LogP contribution in [0.5, 0.6) is 0 Å². The Bertz CT molecular complexity index is 690. The van der Waals surface area contributed by atoms with Gasteiger partial charge in [-0.3, -0.25) is 0 Å². The molecule has 2 aromatic heterocycles. The van der Waals surface area contributed by atoms with Crippen molar-refractivity contribution in [3.63, 3.8) is 0 Å². The molecule has 2 N–H and O–H groups in total. The predicted octanol–water partition coefficient (Wildman–Crippen LogP) is 1.58. The van der Waals surface area contributed by atoms with Crippen LogP contribution in [-0.4, -0.2) is 20.0 Å². The number of rotatable bonds is 3. The fraction of sp³-hybridized carbons (Fsp3) is 0.182. The molecule has 18 heavy (non-hydrogen) atoms. The number of nitrogens with zero attached hydrogens (tertiary/aromatic N) is 4. The van der Waals surface area contributed by atoms with Gasteiger partial charge in [-0.25, -0.2) is 9.67 Å². The summed E-state index contributed by atoms with van der Waals surface area (Å²) in [4.78, 5) is 4.33. The topological polar surface area (TPSA) is 82.8 Å². The van der Waals surface area contributed by atoms with E-state index in [0.717, 1.165) is 11.2 Å². The lowest BCUT2D eigenvalue weighted by atomic mass is 10.3. The lowest BCUT2D eigenvalue weighted by molar-refractivity contribution is 0.485. The average Bonchev–Trinajstić information content (AvgIpc) is 2.96. The summed E-state index contributed by atoms with van der Waals surface area (Å²) in [6, 6.07) is 5.45. The predicted molar refractivity (Wildman–Crippen MR) is 66.0 cm³/mol. The number of halogens is 1. The van der Waals surface area contributed by atoms with Gasteiger partial charge in [-0.2, -0.15) is 0 Å². The molecule has 3 aromatic rings. The summed E-state index contributed by atoms with van der Waals surface area (Å²) in [7, 11) is 0. The van der Waals surface area contributed by atoms with Gasteiger partial charge in [0.15, 0.2) is 5.58 Å². The third-order valence-electron chi connectivity index (χ3n) is 2.50. The van der Waals surface area contributed by atoms with Crippen LogP contribution in [0.3, 0.4) is 0 Å². The Morgan fingerprint density at radius 3 is 3.00 bits per heavy atom. The molecule has 0 aliphatic rings. The van der Waals surface area contributed by atoms with Gasteiger partial charge in [-0.1, -0.05) is 22.9 Å². The molecular formula is C11H10ClN5O. The maximum Gasteiger partial charge on any atom is 0.217 e. The van der Waals surface area contributed by atoms with Gasteiger partial charge >= 0.3 is 0 Å². The van der Waals surface area contributed by atoms with Gasteiger partial charge in [0.2, 0.25) is 5.89 Å². The molecule has 1 aromatic carbocycles. The standard InChI is InChI=1S/C11H10ClN5O/c12-8-2-1-3-9-11(8)18-10(14-9)6-17-5-7(4-13)15-16-17/h1-3,5H,4,6,13H2. The van der Waals surface area contributed by atoms with E-state index in [1.165, 1.54) is 0 Å². The molecular weight excluding hydrogens is 254 g/mol. The minimum absolute atomic E-state index is 0.361. The van der Waals surface area contributed by atoms with Crippen LogP contribution in [0.15, 0.2) is 28.8 Å². The molecule has 2 heterocycles. The van der Waals surface area contributed by atoms with Crippen LogP contribution in [0.25, 0.3) is 11.1 Å². The number of hydrogen-bond donors (Lipinski definition) is 1. The molecule has 6 nitrogen and oxygen atoms in total. The van der Waals surface area contributed by atoms with Crippen LogP contribution in [0.1, 0.15) is 11.6 Å². The van der Waals surface area contributed by atoms with Crippen molar-refractivity contribution in [1.82, 2.24) is 20.0 Å². The first-order valence-electron chi connectivity index (χ1n) is 5.39. The fourth-order valence-electron chi connectivity index (χ4n) is 1.68. The highest BCUT2D eigenvalue weighted by Gasteiger charge is 2.09. The summed E-state index contributed by atoms with van der Waals surface area (Å²) in [6.07, 6.45) is 1.76. The Labute approximate surface area is 107 Å². The Hall–Kier alpha value is -1.92. The van der Waals surface area contributed by atoms with Gasteiger partial charge in [-0.15, -0.1) is 5.10 Å². The Balaban J connectivity index is 1.93. The number of benzene rings is 1. The fourth-order valence-corrected chi connectivity index (χ4v) is 1.89. The first kappa shape index (κ1) is 11.2. The van der Waals surface area contributed by atoms with Gasteiger partial charge < -0.3 is 10.2 Å². The highest BCUT2D eigenvalue weighted by atomic mass is 35.5. The van der Waals surface area contributed by atoms with E-state index < -0.39 is 0 Å². The molecule has 0 aliphatic heterocycles. The molecule has 0 radical (unpaired) electrons. The van der Waals surface area contributed by atoms with Crippen molar-refractivity contribution in [2.45, 2.75) is 13.1 Å². The molecule has 0 fully saturated rings. The molecule has 92 valence electrons. The summed E-state index contributed by atoms with van der Waals surface area (Å²) >= 11 is 6.01. The summed E-state index contributed by atoms with van der Waals surface area (Å²) in [5.74, 6) is 0.534. The number of para-hydroxylation sites is 1. The van der Waals surface area contributed by atoms with E-state index in [-0.39, 0.29) is 0 Å². The van der Waals surface area contributed by atoms with Gasteiger partial charge in [0, 0.05) is 6.54 Å². The zero-order chi connectivity index (χ0) is 12.5. The molecule has 0 spiro atoms. The molecule has 0 saturated heterocycles. The van der Waals surface area contributed by atoms with Crippen molar-refractivity contribution in [1.29, 1.82) is 0 Å². The van der Waals surface area contributed by atoms with Gasteiger partial charge in [-0.05, 0) is 12.1 Å². The molecule has 0 saturated carbocycles. The van der Waals surface area contributed by atoms with E-state index in [1.54, 1.807) is 16.9 Å². The monoisotopic (exact) mass is 263 g/mol. The number of nitrogens with two attached hydrogens (primary N) is 1. The van der Waals surface area contributed by atoms with Crippen molar-refractivity contribution >= 4 is 22.7 Å². The Kier molecular flexibility index (Phi) is 2.73. The Morgan fingerprint density at radius 2 is 2.28 bits per heavy atom. The van der Waals surface area contributed by atoms with Crippen LogP contribution in [0, 0.1) is 0 Å². The number of aromatic nitrogens is 4. The summed E-state index contributed by atoms with van der Waals surface area (Å²) in [5, 5.41) is 8.37. The summed E-state index contributed by atoms with van der Waals surface area (Å²) in [5.41, 5.74) is 7.52. The molecule has 0 unspecified atom stereocenters. The molecule has 0 amide bonds. The third kappa shape index (κ3) is 1.96. The first-order valence-corrected chi connectivity index (χ1v) is 5.77. The van der Waals surface area contributed by atoms with E-state index >= 15 is 0 Å². The zero-order valence-corrected chi connectivity index (χ0v) is 10.1. The van der Waals surface area contributed by atoms with Crippen LogP contribution in [0.4, 0.5) is 0 Å². The minimum atomic E-state index is 0.361. The maximum atomic E-state index is 6.01. The summed E-state index contributed by atoms with van der Waals surface area (Å²) in [6.45, 7) is 0.761. The van der Waals surface area contributed by atoms with E-state index in [9.17, 15) is 0 Å². The van der Waals surface area contributed by atoms with Gasteiger partial charge in [0.1, 0.15) is 12.1 Å². The number of hydrogen-bond acceptors (Lipinski definition) is 5. The zero-order valence-electron chi connectivity index (χ0n) is 9.38. The number of oxazole rings is 1. The lowest BCUT2D eigenvalue weighted by Crippen LogP contribution is -2.00. The van der Waals surface area contributed by atoms with E-state index in [0.29, 0.717) is 29.6 Å². The SMILES string of the molecule is NCc1cn(Cc2nc3cccc(Cl)c3o2)nn1. The molecule has 3 rings (SSSR count). The second-order valence-electron chi connectivity index (χ2n) is 3.81. The molecule has 0 aliphatic carbocycles. The average molecular weight is 264 g/mol. The van der Waals surface area contributed by atoms with Gasteiger partial charge in [0.05, 0.1) is 16.9 Å². The van der Waals surface area contributed by atoms with Gasteiger partial charge in [0.25, 0.3) is 0 Å². The maximum absolute atomic E-state index is 6.01. The van der Waals surface area contributed by atoms with Crippen molar-refractivity contribution in [3.8, 4) is 0 Å². The van der Waals surface area contributed by atoms with E-state index in [1.807, 2.05) is 12.1 Å². The second-order valence-corrected chi connectivity index (χ2v) is 4.21. The lowest BCUT2D eigenvalue weighted by Gasteiger charge is -1.93. The smallest absolute Gasteiger partial charge is 0.217 e. The van der Waals surface area contributed by atoms with Crippen LogP contribution in [0.2, 0.25) is 5.02 Å². The molecule has 0 bridgehead atoms. The van der Waals surface area contributed by atoms with Crippen LogP contribution < -0.4 is 5.73 Å². The third-order valence-corrected chi connectivity index (χ3v) is 2.80. The van der Waals surface area contributed by atoms with E-state index in [4.69, 9.17) is 21.8 Å². The first-order chi connectivity index (χ1) is 8.76. The van der Waals surface area contributed by atoms with Crippen molar-refractivity contribution in [2.75, 3.05) is 0 Å². The summed E-state index contributed by atoms with van der Waals surface area (Å²) < 4.78 is 7.21. The normalized spacial score (nSPS) is 11.2. The highest BCUT2D eigenvalue weighted by molar-refractivity contribution is 6.34. The highest BCUT2D eigenvalue weighted by Crippen LogP contribution is 2.24. The Morgan fingerprint density at radius 1 is 1.39 bits per heavy atom. The van der Waals surface area contributed by atoms with Crippen molar-refractivity contribution < 1.29 is 4.42 Å². The number of fused-ring (bicyclic) bond motifs is 1. The molecule has 0 atom stereocenters. The second kappa shape index (κ2) is 4.40. The van der Waals surface area contributed by atoms with Crippen molar-refractivity contribution in [3.05, 3.63) is 41.0 Å². The minimum Gasteiger partial charge on any atom is -0.437 e. The van der Waals surface area contributed by atoms with E-state index in [2.05, 4.69) is 15.3 Å². The van der Waals surface area contributed by atoms with Crippen molar-refractivity contribution in [2.24, 2.45) is 5.73 Å². The molecule has 7 heteroatoms. The van der Waals surface area contributed by atoms with Crippen LogP contribution in [-0.2, 0) is 13.1 Å².